The maximum atomic E-state index is 12.4. The summed E-state index contributed by atoms with van der Waals surface area (Å²) in [5.74, 6) is -0.157. The van der Waals surface area contributed by atoms with E-state index < -0.39 is 36.8 Å². The molecule has 0 aliphatic heterocycles. The number of Topliss-reactive ketones (excluding diaryl/α,β-unsaturated/α-hetero) is 1. The largest absolute Gasteiger partial charge is 0.416 e. The molecule has 0 rings (SSSR count). The van der Waals surface area contributed by atoms with Crippen LogP contribution in [0.25, 0.3) is 0 Å². The van der Waals surface area contributed by atoms with Crippen LogP contribution in [0.4, 0.5) is 26.3 Å². The molecule has 0 spiro atoms. The van der Waals surface area contributed by atoms with Gasteiger partial charge in [-0.25, -0.2) is 0 Å². The highest BCUT2D eigenvalue weighted by Gasteiger charge is 2.44. The van der Waals surface area contributed by atoms with Crippen molar-refractivity contribution in [2.75, 3.05) is 14.2 Å². The number of halogens is 6. The fourth-order valence-corrected chi connectivity index (χ4v) is 2.69. The van der Waals surface area contributed by atoms with Gasteiger partial charge < -0.3 is 19.7 Å². The van der Waals surface area contributed by atoms with Crippen molar-refractivity contribution in [3.63, 3.8) is 0 Å². The number of unbranched alkanes of at least 4 members (excludes halogenated alkanes) is 2. The first-order valence-corrected chi connectivity index (χ1v) is 8.91. The van der Waals surface area contributed by atoms with Gasteiger partial charge in [0.15, 0.2) is 12.2 Å². The number of methoxy groups -OCH3 is 2. The van der Waals surface area contributed by atoms with Crippen LogP contribution in [0.5, 0.6) is 0 Å². The summed E-state index contributed by atoms with van der Waals surface area (Å²) in [5.41, 5.74) is 0. The molecule has 2 N–H and O–H groups in total. The zero-order valence-electron chi connectivity index (χ0n) is 15.9. The first kappa shape index (κ1) is 27.1. The van der Waals surface area contributed by atoms with Gasteiger partial charge in [-0.2, -0.15) is 26.3 Å². The number of hydrogen-bond donors (Lipinski definition) is 2. The summed E-state index contributed by atoms with van der Waals surface area (Å²) >= 11 is 0. The molecule has 0 aromatic heterocycles. The molecule has 0 saturated heterocycles. The van der Waals surface area contributed by atoms with E-state index in [2.05, 4.69) is 9.47 Å². The van der Waals surface area contributed by atoms with E-state index in [1.807, 2.05) is 0 Å². The van der Waals surface area contributed by atoms with Crippen molar-refractivity contribution in [2.24, 2.45) is 0 Å². The molecular weight excluding hydrogens is 398 g/mol. The van der Waals surface area contributed by atoms with E-state index >= 15 is 0 Å². The Kier molecular flexibility index (Phi) is 12.2. The topological polar surface area (TPSA) is 76.0 Å². The molecule has 28 heavy (non-hydrogen) atoms. The second-order valence-electron chi connectivity index (χ2n) is 6.55. The molecule has 0 aromatic carbocycles. The van der Waals surface area contributed by atoms with E-state index in [1.54, 1.807) is 0 Å². The van der Waals surface area contributed by atoms with E-state index in [4.69, 9.17) is 10.2 Å². The Morgan fingerprint density at radius 3 is 1.32 bits per heavy atom. The zero-order chi connectivity index (χ0) is 22.0. The van der Waals surface area contributed by atoms with Crippen molar-refractivity contribution < 1.29 is 50.8 Å². The molecule has 4 atom stereocenters. The van der Waals surface area contributed by atoms with E-state index in [-0.39, 0.29) is 44.3 Å². The van der Waals surface area contributed by atoms with E-state index in [1.165, 1.54) is 0 Å². The fourth-order valence-electron chi connectivity index (χ4n) is 2.69. The summed E-state index contributed by atoms with van der Waals surface area (Å²) in [5, 5.41) is 18.3. The van der Waals surface area contributed by atoms with Crippen molar-refractivity contribution >= 4 is 5.78 Å². The molecule has 0 heterocycles. The molecule has 5 nitrogen and oxygen atoms in total. The highest BCUT2D eigenvalue weighted by Crippen LogP contribution is 2.27. The van der Waals surface area contributed by atoms with Crippen LogP contribution in [0.15, 0.2) is 0 Å². The summed E-state index contributed by atoms with van der Waals surface area (Å²) in [6.45, 7) is 0. The SMILES string of the molecule is COC(CCCCC(=O)CCCCC(OC)C(O)C(F)(F)F)C(O)C(F)(F)F. The number of ketones is 1. The first-order chi connectivity index (χ1) is 12.8. The van der Waals surface area contributed by atoms with Gasteiger partial charge in [0.2, 0.25) is 0 Å². The second kappa shape index (κ2) is 12.6. The smallest absolute Gasteiger partial charge is 0.381 e. The number of hydrogen-bond acceptors (Lipinski definition) is 5. The average Bonchev–Trinajstić information content (AvgIpc) is 2.59. The third-order valence-electron chi connectivity index (χ3n) is 4.37. The quantitative estimate of drug-likeness (QED) is 0.328. The molecule has 0 amide bonds. The highest BCUT2D eigenvalue weighted by molar-refractivity contribution is 5.78. The summed E-state index contributed by atoms with van der Waals surface area (Å²) in [4.78, 5) is 11.7. The lowest BCUT2D eigenvalue weighted by atomic mass is 10.0. The monoisotopic (exact) mass is 426 g/mol. The van der Waals surface area contributed by atoms with Crippen LogP contribution in [-0.4, -0.2) is 67.0 Å². The van der Waals surface area contributed by atoms with Gasteiger partial charge in [-0.05, 0) is 25.7 Å². The van der Waals surface area contributed by atoms with Crippen LogP contribution in [0, 0.1) is 0 Å². The average molecular weight is 426 g/mol. The second-order valence-corrected chi connectivity index (χ2v) is 6.55. The lowest BCUT2D eigenvalue weighted by molar-refractivity contribution is -0.234. The molecule has 0 aliphatic carbocycles. The van der Waals surface area contributed by atoms with Gasteiger partial charge in [0.1, 0.15) is 5.78 Å². The Bertz CT molecular complexity index is 403. The molecule has 0 saturated carbocycles. The minimum Gasteiger partial charge on any atom is -0.381 e. The Balaban J connectivity index is 4.02. The standard InChI is InChI=1S/C17H28F6O5/c1-27-12(14(25)16(18,19)20)9-5-3-7-11(24)8-4-6-10-13(28-2)15(26)17(21,22)23/h12-15,25-26H,3-10H2,1-2H3. The maximum Gasteiger partial charge on any atom is 0.416 e. The normalized spacial score (nSPS) is 17.2. The highest BCUT2D eigenvalue weighted by atomic mass is 19.4. The Hall–Kier alpha value is -0.910. The third kappa shape index (κ3) is 10.6. The van der Waals surface area contributed by atoms with Crippen LogP contribution in [-0.2, 0) is 14.3 Å². The molecule has 0 fully saturated rings. The zero-order valence-corrected chi connectivity index (χ0v) is 15.9. The number of aliphatic hydroxyl groups excluding tert-OH is 2. The molecule has 0 bridgehead atoms. The van der Waals surface area contributed by atoms with Gasteiger partial charge in [0.25, 0.3) is 0 Å². The Morgan fingerprint density at radius 1 is 0.750 bits per heavy atom. The predicted molar refractivity (Wildman–Crippen MR) is 87.7 cm³/mol. The Labute approximate surface area is 160 Å². The van der Waals surface area contributed by atoms with E-state index in [0.717, 1.165) is 14.2 Å². The Morgan fingerprint density at radius 2 is 1.07 bits per heavy atom. The van der Waals surface area contributed by atoms with Crippen LogP contribution in [0.2, 0.25) is 0 Å². The third-order valence-corrected chi connectivity index (χ3v) is 4.37. The lowest BCUT2D eigenvalue weighted by Gasteiger charge is -2.23. The van der Waals surface area contributed by atoms with Crippen molar-refractivity contribution in [1.82, 2.24) is 0 Å². The van der Waals surface area contributed by atoms with Crippen LogP contribution in [0.1, 0.15) is 51.4 Å². The fraction of sp³-hybridized carbons (Fsp3) is 0.941. The van der Waals surface area contributed by atoms with Crippen LogP contribution >= 0.6 is 0 Å². The molecule has 0 radical (unpaired) electrons. The first-order valence-electron chi connectivity index (χ1n) is 8.91. The molecule has 0 aromatic rings. The molecule has 4 unspecified atom stereocenters. The maximum absolute atomic E-state index is 12.4. The number of ether oxygens (including phenoxy) is 2. The summed E-state index contributed by atoms with van der Waals surface area (Å²) in [6, 6.07) is 0. The molecule has 168 valence electrons. The lowest BCUT2D eigenvalue weighted by Crippen LogP contribution is -2.40. The summed E-state index contributed by atoms with van der Waals surface area (Å²) < 4.78 is 83.8. The van der Waals surface area contributed by atoms with Gasteiger partial charge in [-0.1, -0.05) is 12.8 Å². The van der Waals surface area contributed by atoms with Crippen molar-refractivity contribution in [2.45, 2.75) is 88.1 Å². The summed E-state index contributed by atoms with van der Waals surface area (Å²) in [7, 11) is 2.13. The van der Waals surface area contributed by atoms with Gasteiger partial charge in [-0.15, -0.1) is 0 Å². The van der Waals surface area contributed by atoms with E-state index in [0.29, 0.717) is 12.8 Å². The van der Waals surface area contributed by atoms with Gasteiger partial charge in [0, 0.05) is 27.1 Å². The van der Waals surface area contributed by atoms with Gasteiger partial charge in [-0.3, -0.25) is 4.79 Å². The minimum absolute atomic E-state index is 0.0602. The van der Waals surface area contributed by atoms with Crippen LogP contribution in [0.3, 0.4) is 0 Å². The van der Waals surface area contributed by atoms with Crippen molar-refractivity contribution in [3.8, 4) is 0 Å². The van der Waals surface area contributed by atoms with Crippen LogP contribution < -0.4 is 0 Å². The number of aliphatic hydroxyl groups is 2. The molecule has 0 aliphatic rings. The van der Waals surface area contributed by atoms with Crippen molar-refractivity contribution in [3.05, 3.63) is 0 Å². The summed E-state index contributed by atoms with van der Waals surface area (Å²) in [6.07, 6.45) is -16.3. The van der Waals surface area contributed by atoms with Gasteiger partial charge >= 0.3 is 12.4 Å². The number of carbonyl (C=O) groups is 1. The molecule has 11 heteroatoms. The molecular formula is C17H28F6O5. The number of alkyl halides is 6. The number of rotatable bonds is 14. The number of carbonyl (C=O) groups excluding carboxylic acids is 1. The predicted octanol–water partition coefficient (Wildman–Crippen LogP) is 3.55. The van der Waals surface area contributed by atoms with E-state index in [9.17, 15) is 31.1 Å². The van der Waals surface area contributed by atoms with Gasteiger partial charge in [0.05, 0.1) is 12.2 Å². The minimum atomic E-state index is -4.78. The van der Waals surface area contributed by atoms with Crippen molar-refractivity contribution in [1.29, 1.82) is 0 Å².